The van der Waals surface area contributed by atoms with Gasteiger partial charge in [0, 0.05) is 25.1 Å². The number of fused-ring (bicyclic) bond motifs is 1. The Morgan fingerprint density at radius 1 is 1.13 bits per heavy atom. The molecule has 0 bridgehead atoms. The number of hydrogen-bond donors (Lipinski definition) is 1. The number of carbonyl (C=O) groups is 2. The maximum atomic E-state index is 13.5. The average molecular weight is 536 g/mol. The van der Waals surface area contributed by atoms with E-state index < -0.39 is 17.7 Å². The zero-order valence-electron chi connectivity index (χ0n) is 22.9. The summed E-state index contributed by atoms with van der Waals surface area (Å²) in [6, 6.07) is 10.0. The first-order valence-corrected chi connectivity index (χ1v) is 13.9. The number of likely N-dealkylation sites (tertiary alicyclic amines) is 1. The predicted molar refractivity (Wildman–Crippen MR) is 146 cm³/mol. The van der Waals surface area contributed by atoms with Crippen molar-refractivity contribution in [3.8, 4) is 17.2 Å². The molecule has 2 saturated heterocycles. The number of hydrogen-bond acceptors (Lipinski definition) is 7. The maximum Gasteiger partial charge on any atom is 0.295 e. The smallest absolute Gasteiger partial charge is 0.295 e. The summed E-state index contributed by atoms with van der Waals surface area (Å²) in [6.45, 7) is 5.59. The van der Waals surface area contributed by atoms with Gasteiger partial charge in [0.1, 0.15) is 17.6 Å². The lowest BCUT2D eigenvalue weighted by Crippen LogP contribution is -2.36. The molecule has 5 rings (SSSR count). The van der Waals surface area contributed by atoms with Crippen LogP contribution < -0.4 is 14.2 Å². The van der Waals surface area contributed by atoms with Crippen LogP contribution >= 0.6 is 0 Å². The van der Waals surface area contributed by atoms with Crippen LogP contribution in [0, 0.1) is 0 Å². The highest BCUT2D eigenvalue weighted by Crippen LogP contribution is 2.43. The number of Topliss-reactive ketones (excluding diaryl/α,β-unsaturated/α-hetero) is 1. The Kier molecular flexibility index (Phi) is 8.12. The van der Waals surface area contributed by atoms with Crippen LogP contribution in [0.2, 0.25) is 0 Å². The number of aliphatic hydroxyl groups is 1. The van der Waals surface area contributed by atoms with Crippen LogP contribution in [0.4, 0.5) is 0 Å². The van der Waals surface area contributed by atoms with E-state index in [0.717, 1.165) is 43.4 Å². The first-order valence-electron chi connectivity index (χ1n) is 13.9. The van der Waals surface area contributed by atoms with Gasteiger partial charge in [0.05, 0.1) is 31.4 Å². The summed E-state index contributed by atoms with van der Waals surface area (Å²) in [7, 11) is 1.56. The Morgan fingerprint density at radius 2 is 1.97 bits per heavy atom. The van der Waals surface area contributed by atoms with E-state index in [1.165, 1.54) is 4.90 Å². The molecule has 2 fully saturated rings. The number of benzene rings is 2. The summed E-state index contributed by atoms with van der Waals surface area (Å²) in [6.07, 6.45) is 5.43. The van der Waals surface area contributed by atoms with Crippen molar-refractivity contribution < 1.29 is 33.6 Å². The zero-order chi connectivity index (χ0) is 27.5. The fourth-order valence-corrected chi connectivity index (χ4v) is 5.66. The quantitative estimate of drug-likeness (QED) is 0.194. The third-order valence-corrected chi connectivity index (χ3v) is 7.64. The fraction of sp³-hybridized carbons (Fsp3) is 0.484. The van der Waals surface area contributed by atoms with E-state index in [1.54, 1.807) is 31.4 Å². The SMILES string of the molecule is CCCCCOc1ccc(C2C(=C(O)c3ccc4c(c3)CC(C)O4)C(=O)C(=O)N2CC2CCCO2)cc1OC. The summed E-state index contributed by atoms with van der Waals surface area (Å²) in [5.74, 6) is 0.327. The van der Waals surface area contributed by atoms with Gasteiger partial charge in [0.2, 0.25) is 0 Å². The van der Waals surface area contributed by atoms with E-state index in [9.17, 15) is 14.7 Å². The molecule has 0 saturated carbocycles. The van der Waals surface area contributed by atoms with E-state index >= 15 is 0 Å². The van der Waals surface area contributed by atoms with Gasteiger partial charge in [0.25, 0.3) is 11.7 Å². The highest BCUT2D eigenvalue weighted by atomic mass is 16.5. The number of unbranched alkanes of at least 4 members (excludes halogenated alkanes) is 2. The van der Waals surface area contributed by atoms with Gasteiger partial charge in [0.15, 0.2) is 11.5 Å². The summed E-state index contributed by atoms with van der Waals surface area (Å²) >= 11 is 0. The first kappa shape index (κ1) is 27.1. The predicted octanol–water partition coefficient (Wildman–Crippen LogP) is 5.19. The minimum Gasteiger partial charge on any atom is -0.507 e. The van der Waals surface area contributed by atoms with Gasteiger partial charge in [-0.25, -0.2) is 0 Å². The highest BCUT2D eigenvalue weighted by molar-refractivity contribution is 6.46. The zero-order valence-corrected chi connectivity index (χ0v) is 22.9. The van der Waals surface area contributed by atoms with Crippen molar-refractivity contribution in [1.29, 1.82) is 0 Å². The van der Waals surface area contributed by atoms with Crippen LogP contribution in [0.3, 0.4) is 0 Å². The Hall–Kier alpha value is -3.52. The van der Waals surface area contributed by atoms with Crippen LogP contribution in [-0.4, -0.2) is 60.8 Å². The molecule has 3 aliphatic rings. The molecular formula is C31H37NO7. The highest BCUT2D eigenvalue weighted by Gasteiger charge is 2.47. The van der Waals surface area contributed by atoms with Gasteiger partial charge in [-0.15, -0.1) is 0 Å². The van der Waals surface area contributed by atoms with Crippen molar-refractivity contribution in [3.63, 3.8) is 0 Å². The van der Waals surface area contributed by atoms with Crippen molar-refractivity contribution in [1.82, 2.24) is 4.90 Å². The standard InChI is InChI=1S/C31H37NO7/c1-4-5-6-13-38-25-12-9-20(17-26(25)36-3)28-27(30(34)31(35)32(28)18-23-8-7-14-37-23)29(33)21-10-11-24-22(16-21)15-19(2)39-24/h9-12,16-17,19,23,28,33H,4-8,13-15,18H2,1-3H3. The number of aliphatic hydroxyl groups excluding tert-OH is 1. The lowest BCUT2D eigenvalue weighted by atomic mass is 9.94. The van der Waals surface area contributed by atoms with Gasteiger partial charge in [-0.1, -0.05) is 25.8 Å². The molecule has 3 atom stereocenters. The van der Waals surface area contributed by atoms with Crippen molar-refractivity contribution in [2.24, 2.45) is 0 Å². The summed E-state index contributed by atoms with van der Waals surface area (Å²) < 4.78 is 23.2. The number of rotatable bonds is 10. The summed E-state index contributed by atoms with van der Waals surface area (Å²) in [5, 5.41) is 11.5. The molecule has 39 heavy (non-hydrogen) atoms. The number of carbonyl (C=O) groups excluding carboxylic acids is 2. The molecule has 208 valence electrons. The van der Waals surface area contributed by atoms with Gasteiger partial charge in [-0.05, 0) is 67.6 Å². The van der Waals surface area contributed by atoms with Gasteiger partial charge >= 0.3 is 0 Å². The maximum absolute atomic E-state index is 13.5. The molecule has 3 unspecified atom stereocenters. The largest absolute Gasteiger partial charge is 0.507 e. The second kappa shape index (κ2) is 11.7. The van der Waals surface area contributed by atoms with Crippen molar-refractivity contribution >= 4 is 17.4 Å². The molecular weight excluding hydrogens is 498 g/mol. The monoisotopic (exact) mass is 535 g/mol. The third kappa shape index (κ3) is 5.48. The second-order valence-corrected chi connectivity index (χ2v) is 10.5. The molecule has 2 aromatic rings. The third-order valence-electron chi connectivity index (χ3n) is 7.64. The van der Waals surface area contributed by atoms with Crippen LogP contribution in [0.15, 0.2) is 42.0 Å². The lowest BCUT2D eigenvalue weighted by Gasteiger charge is -2.28. The Labute approximate surface area is 229 Å². The van der Waals surface area contributed by atoms with Gasteiger partial charge < -0.3 is 29.0 Å². The van der Waals surface area contributed by atoms with E-state index in [-0.39, 0.29) is 30.1 Å². The summed E-state index contributed by atoms with van der Waals surface area (Å²) in [4.78, 5) is 28.4. The molecule has 0 aliphatic carbocycles. The molecule has 0 radical (unpaired) electrons. The number of nitrogens with zero attached hydrogens (tertiary/aromatic N) is 1. The van der Waals surface area contributed by atoms with Crippen molar-refractivity contribution in [3.05, 3.63) is 58.7 Å². The van der Waals surface area contributed by atoms with Crippen LogP contribution in [-0.2, 0) is 20.7 Å². The number of ether oxygens (including phenoxy) is 4. The number of methoxy groups -OCH3 is 1. The Balaban J connectivity index is 1.55. The minimum atomic E-state index is -0.791. The first-order chi connectivity index (χ1) is 18.9. The van der Waals surface area contributed by atoms with E-state index in [1.807, 2.05) is 19.1 Å². The van der Waals surface area contributed by atoms with E-state index in [0.29, 0.717) is 42.3 Å². The van der Waals surface area contributed by atoms with Gasteiger partial charge in [-0.3, -0.25) is 9.59 Å². The topological polar surface area (TPSA) is 94.5 Å². The van der Waals surface area contributed by atoms with Crippen LogP contribution in [0.1, 0.15) is 68.7 Å². The normalized spacial score (nSPS) is 23.7. The molecule has 8 nitrogen and oxygen atoms in total. The Morgan fingerprint density at radius 3 is 2.72 bits per heavy atom. The minimum absolute atomic E-state index is 0.0459. The molecule has 1 amide bonds. The second-order valence-electron chi connectivity index (χ2n) is 10.5. The molecule has 3 aliphatic heterocycles. The fourth-order valence-electron chi connectivity index (χ4n) is 5.66. The van der Waals surface area contributed by atoms with Crippen LogP contribution in [0.25, 0.3) is 5.76 Å². The number of ketones is 1. The van der Waals surface area contributed by atoms with Crippen molar-refractivity contribution in [2.45, 2.75) is 70.6 Å². The average Bonchev–Trinajstić information content (AvgIpc) is 3.65. The van der Waals surface area contributed by atoms with Gasteiger partial charge in [-0.2, -0.15) is 0 Å². The molecule has 8 heteroatoms. The van der Waals surface area contributed by atoms with Crippen LogP contribution in [0.5, 0.6) is 17.2 Å². The molecule has 1 N–H and O–H groups in total. The Bertz CT molecular complexity index is 1260. The molecule has 0 spiro atoms. The summed E-state index contributed by atoms with van der Waals surface area (Å²) in [5.41, 5.74) is 2.16. The molecule has 0 aromatic heterocycles. The van der Waals surface area contributed by atoms with E-state index in [4.69, 9.17) is 18.9 Å². The lowest BCUT2D eigenvalue weighted by molar-refractivity contribution is -0.140. The van der Waals surface area contributed by atoms with E-state index in [2.05, 4.69) is 6.92 Å². The molecule has 2 aromatic carbocycles. The molecule has 3 heterocycles. The van der Waals surface area contributed by atoms with Crippen molar-refractivity contribution in [2.75, 3.05) is 26.9 Å². The number of amides is 1.